The minimum Gasteiger partial charge on any atom is -0.347 e. The largest absolute Gasteiger partial charge is 0.347 e. The molecule has 4 heteroatoms. The molecular weight excluding hydrogens is 392 g/mol. The highest BCUT2D eigenvalue weighted by molar-refractivity contribution is 6.06. The average Bonchev–Trinajstić information content (AvgIpc) is 3.47. The van der Waals surface area contributed by atoms with Crippen LogP contribution in [0.1, 0.15) is 32.1 Å². The number of piperidine rings is 1. The van der Waals surface area contributed by atoms with Crippen molar-refractivity contribution in [3.8, 4) is 11.4 Å². The number of aryl methyl sites for hydroxylation is 1. The number of aromatic amines is 1. The predicted octanol–water partition coefficient (Wildman–Crippen LogP) is 6.51. The van der Waals surface area contributed by atoms with E-state index in [9.17, 15) is 0 Å². The molecule has 2 N–H and O–H groups in total. The second-order valence-corrected chi connectivity index (χ2v) is 9.20. The zero-order valence-corrected chi connectivity index (χ0v) is 18.5. The van der Waals surface area contributed by atoms with Gasteiger partial charge < -0.3 is 14.9 Å². The molecule has 0 unspecified atom stereocenters. The normalized spacial score (nSPS) is 15.2. The van der Waals surface area contributed by atoms with E-state index in [2.05, 4.69) is 81.7 Å². The van der Waals surface area contributed by atoms with E-state index in [1.54, 1.807) is 0 Å². The summed E-state index contributed by atoms with van der Waals surface area (Å²) in [7, 11) is 0. The first-order chi connectivity index (χ1) is 15.9. The first kappa shape index (κ1) is 19.6. The van der Waals surface area contributed by atoms with E-state index < -0.39 is 0 Å². The maximum atomic E-state index is 4.95. The molecule has 0 spiro atoms. The van der Waals surface area contributed by atoms with Crippen LogP contribution >= 0.6 is 0 Å². The van der Waals surface area contributed by atoms with Crippen LogP contribution in [0.3, 0.4) is 0 Å². The molecule has 3 aromatic carbocycles. The molecule has 0 saturated carbocycles. The van der Waals surface area contributed by atoms with Gasteiger partial charge in [-0.1, -0.05) is 55.3 Å². The van der Waals surface area contributed by atoms with E-state index in [1.165, 1.54) is 72.4 Å². The molecule has 1 aliphatic rings. The van der Waals surface area contributed by atoms with Gasteiger partial charge in [-0.15, -0.1) is 0 Å². The van der Waals surface area contributed by atoms with Crippen molar-refractivity contribution in [2.45, 2.75) is 38.6 Å². The molecule has 0 atom stereocenters. The van der Waals surface area contributed by atoms with Crippen LogP contribution in [0.4, 0.5) is 0 Å². The van der Waals surface area contributed by atoms with Crippen molar-refractivity contribution < 1.29 is 0 Å². The fraction of sp³-hybridized carbons (Fsp3) is 0.321. The van der Waals surface area contributed by atoms with E-state index in [0.29, 0.717) is 0 Å². The Hall–Kier alpha value is -3.11. The van der Waals surface area contributed by atoms with Crippen LogP contribution in [-0.2, 0) is 6.54 Å². The second kappa shape index (κ2) is 8.44. The molecule has 6 rings (SSSR count). The van der Waals surface area contributed by atoms with Gasteiger partial charge in [-0.2, -0.15) is 0 Å². The molecule has 2 aromatic heterocycles. The smallest absolute Gasteiger partial charge is 0.139 e. The van der Waals surface area contributed by atoms with Crippen LogP contribution in [-0.4, -0.2) is 27.6 Å². The topological polar surface area (TPSA) is 45.6 Å². The maximum Gasteiger partial charge on any atom is 0.139 e. The minimum absolute atomic E-state index is 0.924. The van der Waals surface area contributed by atoms with Crippen LogP contribution in [0.5, 0.6) is 0 Å². The van der Waals surface area contributed by atoms with Gasteiger partial charge in [0.1, 0.15) is 5.82 Å². The number of nitrogens with zero attached hydrogens (tertiary/aromatic N) is 2. The van der Waals surface area contributed by atoms with Gasteiger partial charge in [0.25, 0.3) is 0 Å². The molecule has 1 saturated heterocycles. The maximum absolute atomic E-state index is 4.95. The Kier molecular flexibility index (Phi) is 5.16. The lowest BCUT2D eigenvalue weighted by atomic mass is 9.92. The quantitative estimate of drug-likeness (QED) is 0.307. The Morgan fingerprint density at radius 3 is 2.72 bits per heavy atom. The standard InChI is InChI=1S/C28H30N4/c1-2-8-22-21(7-1)11-12-25-27(22)31-28(30-25)24-9-5-10-26-23(24)15-19-32(26)18-4-3-6-20-13-16-29-17-14-20/h1-2,5,7-12,15,19-20,29H,3-4,6,13-14,16-18H2,(H,30,31). The van der Waals surface area contributed by atoms with Crippen LogP contribution < -0.4 is 5.32 Å². The highest BCUT2D eigenvalue weighted by atomic mass is 15.0. The third kappa shape index (κ3) is 3.59. The van der Waals surface area contributed by atoms with Crippen molar-refractivity contribution in [3.05, 3.63) is 66.9 Å². The monoisotopic (exact) mass is 422 g/mol. The molecule has 0 aliphatic carbocycles. The first-order valence-electron chi connectivity index (χ1n) is 12.0. The molecule has 5 aromatic rings. The van der Waals surface area contributed by atoms with Crippen molar-refractivity contribution in [1.82, 2.24) is 19.9 Å². The fourth-order valence-electron chi connectivity index (χ4n) is 5.39. The van der Waals surface area contributed by atoms with Crippen molar-refractivity contribution >= 4 is 32.7 Å². The van der Waals surface area contributed by atoms with Gasteiger partial charge in [-0.05, 0) is 61.9 Å². The molecule has 0 amide bonds. The lowest BCUT2D eigenvalue weighted by Gasteiger charge is -2.22. The highest BCUT2D eigenvalue weighted by Gasteiger charge is 2.14. The molecule has 0 radical (unpaired) electrons. The first-order valence-corrected chi connectivity index (χ1v) is 12.0. The molecule has 1 aliphatic heterocycles. The van der Waals surface area contributed by atoms with Crippen LogP contribution in [0.25, 0.3) is 44.1 Å². The number of fused-ring (bicyclic) bond motifs is 4. The van der Waals surface area contributed by atoms with E-state index in [0.717, 1.165) is 29.3 Å². The van der Waals surface area contributed by atoms with Crippen LogP contribution in [0.2, 0.25) is 0 Å². The highest BCUT2D eigenvalue weighted by Crippen LogP contribution is 2.31. The number of nitrogens with one attached hydrogen (secondary N) is 2. The second-order valence-electron chi connectivity index (χ2n) is 9.20. The van der Waals surface area contributed by atoms with Gasteiger partial charge in [0.2, 0.25) is 0 Å². The Balaban J connectivity index is 1.26. The lowest BCUT2D eigenvalue weighted by molar-refractivity contribution is 0.341. The molecule has 0 bridgehead atoms. The number of hydrogen-bond acceptors (Lipinski definition) is 2. The summed E-state index contributed by atoms with van der Waals surface area (Å²) < 4.78 is 2.42. The summed E-state index contributed by atoms with van der Waals surface area (Å²) in [5, 5.41) is 7.21. The van der Waals surface area contributed by atoms with E-state index in [4.69, 9.17) is 4.98 Å². The predicted molar refractivity (Wildman–Crippen MR) is 134 cm³/mol. The number of rotatable bonds is 6. The molecule has 4 nitrogen and oxygen atoms in total. The van der Waals surface area contributed by atoms with Gasteiger partial charge >= 0.3 is 0 Å². The Morgan fingerprint density at radius 1 is 0.875 bits per heavy atom. The summed E-state index contributed by atoms with van der Waals surface area (Å²) in [5.41, 5.74) is 4.62. The summed E-state index contributed by atoms with van der Waals surface area (Å²) in [6.07, 6.45) is 8.89. The van der Waals surface area contributed by atoms with Gasteiger partial charge in [0.05, 0.1) is 11.0 Å². The van der Waals surface area contributed by atoms with Gasteiger partial charge in [0, 0.05) is 34.6 Å². The molecular formula is C28H30N4. The number of aromatic nitrogens is 3. The van der Waals surface area contributed by atoms with Gasteiger partial charge in [-0.25, -0.2) is 4.98 Å². The minimum atomic E-state index is 0.924. The van der Waals surface area contributed by atoms with E-state index in [1.807, 2.05) is 0 Å². The third-order valence-corrected chi connectivity index (χ3v) is 7.17. The summed E-state index contributed by atoms with van der Waals surface area (Å²) in [6.45, 7) is 3.49. The Labute approximate surface area is 188 Å². The van der Waals surface area contributed by atoms with Gasteiger partial charge in [0.15, 0.2) is 0 Å². The number of hydrogen-bond donors (Lipinski definition) is 2. The van der Waals surface area contributed by atoms with Crippen molar-refractivity contribution in [1.29, 1.82) is 0 Å². The summed E-state index contributed by atoms with van der Waals surface area (Å²) >= 11 is 0. The zero-order chi connectivity index (χ0) is 21.3. The molecule has 32 heavy (non-hydrogen) atoms. The zero-order valence-electron chi connectivity index (χ0n) is 18.5. The van der Waals surface area contributed by atoms with Crippen molar-refractivity contribution in [2.75, 3.05) is 13.1 Å². The van der Waals surface area contributed by atoms with Crippen LogP contribution in [0.15, 0.2) is 66.9 Å². The molecule has 1 fully saturated rings. The average molecular weight is 423 g/mol. The third-order valence-electron chi connectivity index (χ3n) is 7.17. The number of unbranched alkanes of at least 4 members (excludes halogenated alkanes) is 1. The van der Waals surface area contributed by atoms with Gasteiger partial charge in [-0.3, -0.25) is 0 Å². The number of imidazole rings is 1. The van der Waals surface area contributed by atoms with Crippen molar-refractivity contribution in [3.63, 3.8) is 0 Å². The fourth-order valence-corrected chi connectivity index (χ4v) is 5.39. The van der Waals surface area contributed by atoms with E-state index >= 15 is 0 Å². The van der Waals surface area contributed by atoms with Crippen molar-refractivity contribution in [2.24, 2.45) is 5.92 Å². The number of benzene rings is 3. The molecule has 162 valence electrons. The number of H-pyrrole nitrogens is 1. The van der Waals surface area contributed by atoms with E-state index in [-0.39, 0.29) is 0 Å². The summed E-state index contributed by atoms with van der Waals surface area (Å²) in [5.74, 6) is 1.87. The summed E-state index contributed by atoms with van der Waals surface area (Å²) in [4.78, 5) is 8.57. The Bertz CT molecular complexity index is 1370. The summed E-state index contributed by atoms with van der Waals surface area (Å²) in [6, 6.07) is 21.6. The molecule has 3 heterocycles. The lowest BCUT2D eigenvalue weighted by Crippen LogP contribution is -2.27. The Morgan fingerprint density at radius 2 is 1.78 bits per heavy atom. The SMILES string of the molecule is c1ccc2c(c1)ccc1nc(-c3cccc4c3ccn4CCCCC3CCNCC3)[nH]c12. The van der Waals surface area contributed by atoms with Crippen LogP contribution in [0, 0.1) is 5.92 Å².